The van der Waals surface area contributed by atoms with E-state index in [9.17, 15) is 14.4 Å². The number of carboxylic acid groups (broad SMARTS) is 1. The van der Waals surface area contributed by atoms with E-state index in [-0.39, 0.29) is 23.8 Å². The summed E-state index contributed by atoms with van der Waals surface area (Å²) < 4.78 is 0. The summed E-state index contributed by atoms with van der Waals surface area (Å²) in [7, 11) is 0. The van der Waals surface area contributed by atoms with Gasteiger partial charge in [-0.05, 0) is 49.9 Å². The summed E-state index contributed by atoms with van der Waals surface area (Å²) in [5.41, 5.74) is 0. The van der Waals surface area contributed by atoms with Gasteiger partial charge < -0.3 is 21.1 Å². The van der Waals surface area contributed by atoms with Gasteiger partial charge in [-0.2, -0.15) is 0 Å². The first-order valence-corrected chi connectivity index (χ1v) is 10.6. The average Bonchev–Trinajstić information content (AvgIpc) is 2.57. The summed E-state index contributed by atoms with van der Waals surface area (Å²) in [4.78, 5) is 35.9. The SMILES string of the molecule is CC(C)C[C@@H](CNC(=O)[C@@H]1C[C@H](C)CC[C@H]1C(C)C)NC(=O)[C@@H](C)NC(=O)O. The Morgan fingerprint density at radius 3 is 2.21 bits per heavy atom. The van der Waals surface area contributed by atoms with Gasteiger partial charge >= 0.3 is 6.09 Å². The minimum atomic E-state index is -1.23. The molecule has 0 unspecified atom stereocenters. The van der Waals surface area contributed by atoms with Crippen molar-refractivity contribution in [2.45, 2.75) is 79.3 Å². The van der Waals surface area contributed by atoms with Crippen LogP contribution in [0.1, 0.15) is 67.2 Å². The number of carbonyl (C=O) groups is 3. The van der Waals surface area contributed by atoms with Gasteiger partial charge in [-0.3, -0.25) is 9.59 Å². The Morgan fingerprint density at radius 2 is 1.68 bits per heavy atom. The smallest absolute Gasteiger partial charge is 0.405 e. The largest absolute Gasteiger partial charge is 0.465 e. The lowest BCUT2D eigenvalue weighted by Gasteiger charge is -2.36. The third kappa shape index (κ3) is 8.07. The number of hydrogen-bond acceptors (Lipinski definition) is 3. The minimum absolute atomic E-state index is 0.0201. The molecular weight excluding hydrogens is 358 g/mol. The Kier molecular flexibility index (Phi) is 9.76. The van der Waals surface area contributed by atoms with E-state index in [1.165, 1.54) is 13.3 Å². The molecule has 5 atom stereocenters. The van der Waals surface area contributed by atoms with E-state index in [1.807, 2.05) is 0 Å². The summed E-state index contributed by atoms with van der Waals surface area (Å²) >= 11 is 0. The molecule has 0 aromatic heterocycles. The lowest BCUT2D eigenvalue weighted by molar-refractivity contribution is -0.130. The normalized spacial score (nSPS) is 24.5. The quantitative estimate of drug-likeness (QED) is 0.480. The molecule has 4 N–H and O–H groups in total. The van der Waals surface area contributed by atoms with Crippen molar-refractivity contribution in [1.82, 2.24) is 16.0 Å². The third-order valence-electron chi connectivity index (χ3n) is 5.72. The summed E-state index contributed by atoms with van der Waals surface area (Å²) in [5, 5.41) is 16.9. The maximum Gasteiger partial charge on any atom is 0.405 e. The van der Waals surface area contributed by atoms with Gasteiger partial charge in [0.1, 0.15) is 6.04 Å². The highest BCUT2D eigenvalue weighted by Crippen LogP contribution is 2.38. The molecule has 1 aliphatic rings. The van der Waals surface area contributed by atoms with Crippen LogP contribution in [-0.4, -0.2) is 41.6 Å². The van der Waals surface area contributed by atoms with Crippen molar-refractivity contribution >= 4 is 17.9 Å². The predicted octanol–water partition coefficient (Wildman–Crippen LogP) is 3.00. The van der Waals surface area contributed by atoms with Crippen LogP contribution < -0.4 is 16.0 Å². The molecule has 0 spiro atoms. The van der Waals surface area contributed by atoms with Crippen molar-refractivity contribution in [3.63, 3.8) is 0 Å². The first-order chi connectivity index (χ1) is 13.0. The second-order valence-electron chi connectivity index (χ2n) is 9.18. The van der Waals surface area contributed by atoms with E-state index >= 15 is 0 Å². The average molecular weight is 398 g/mol. The van der Waals surface area contributed by atoms with Crippen molar-refractivity contribution in [1.29, 1.82) is 0 Å². The zero-order chi connectivity index (χ0) is 21.4. The number of hydrogen-bond donors (Lipinski definition) is 4. The zero-order valence-corrected chi connectivity index (χ0v) is 18.2. The summed E-state index contributed by atoms with van der Waals surface area (Å²) in [6.07, 6.45) is 2.65. The van der Waals surface area contributed by atoms with Crippen molar-refractivity contribution in [2.24, 2.45) is 29.6 Å². The molecule has 0 aromatic rings. The van der Waals surface area contributed by atoms with Gasteiger partial charge in [0, 0.05) is 18.5 Å². The molecule has 3 amide bonds. The molecule has 0 heterocycles. The van der Waals surface area contributed by atoms with Crippen molar-refractivity contribution in [3.05, 3.63) is 0 Å². The van der Waals surface area contributed by atoms with E-state index in [0.29, 0.717) is 36.6 Å². The lowest BCUT2D eigenvalue weighted by Crippen LogP contribution is -2.52. The van der Waals surface area contributed by atoms with Crippen LogP contribution in [0.3, 0.4) is 0 Å². The van der Waals surface area contributed by atoms with Gasteiger partial charge in [0.2, 0.25) is 11.8 Å². The molecule has 1 rings (SSSR count). The Hall–Kier alpha value is -1.79. The van der Waals surface area contributed by atoms with Crippen LogP contribution in [0.2, 0.25) is 0 Å². The number of carbonyl (C=O) groups excluding carboxylic acids is 2. The summed E-state index contributed by atoms with van der Waals surface area (Å²) in [6, 6.07) is -1.07. The first kappa shape index (κ1) is 24.2. The maximum atomic E-state index is 12.9. The van der Waals surface area contributed by atoms with Crippen LogP contribution in [0.15, 0.2) is 0 Å². The standard InChI is InChI=1S/C21H39N3O4/c1-12(2)9-16(24-19(25)15(6)23-21(27)28)11-22-20(26)18-10-14(5)7-8-17(18)13(3)4/h12-18,23H,7-11H2,1-6H3,(H,22,26)(H,24,25)(H,27,28)/t14-,15-,16+,17+,18-/m1/s1. The van der Waals surface area contributed by atoms with Crippen molar-refractivity contribution < 1.29 is 19.5 Å². The Morgan fingerprint density at radius 1 is 1.04 bits per heavy atom. The fourth-order valence-electron chi connectivity index (χ4n) is 4.20. The molecule has 0 aliphatic heterocycles. The Bertz CT molecular complexity index is 536. The molecule has 7 nitrogen and oxygen atoms in total. The van der Waals surface area contributed by atoms with E-state index in [1.54, 1.807) is 0 Å². The highest BCUT2D eigenvalue weighted by atomic mass is 16.4. The first-order valence-electron chi connectivity index (χ1n) is 10.6. The zero-order valence-electron chi connectivity index (χ0n) is 18.2. The molecular formula is C21H39N3O4. The summed E-state index contributed by atoms with van der Waals surface area (Å²) in [5.74, 6) is 1.47. The molecule has 1 fully saturated rings. The fraction of sp³-hybridized carbons (Fsp3) is 0.857. The summed E-state index contributed by atoms with van der Waals surface area (Å²) in [6.45, 7) is 12.5. The predicted molar refractivity (Wildman–Crippen MR) is 110 cm³/mol. The Labute approximate surface area is 169 Å². The fourth-order valence-corrected chi connectivity index (χ4v) is 4.20. The molecule has 0 bridgehead atoms. The van der Waals surface area contributed by atoms with Gasteiger partial charge in [0.05, 0.1) is 0 Å². The van der Waals surface area contributed by atoms with Gasteiger partial charge in [-0.1, -0.05) is 41.0 Å². The van der Waals surface area contributed by atoms with E-state index in [4.69, 9.17) is 5.11 Å². The molecule has 7 heteroatoms. The van der Waals surface area contributed by atoms with Gasteiger partial charge in [0.25, 0.3) is 0 Å². The van der Waals surface area contributed by atoms with Gasteiger partial charge in [-0.15, -0.1) is 0 Å². The van der Waals surface area contributed by atoms with Crippen LogP contribution in [0.25, 0.3) is 0 Å². The highest BCUT2D eigenvalue weighted by Gasteiger charge is 2.35. The molecule has 0 saturated heterocycles. The van der Waals surface area contributed by atoms with Crippen LogP contribution in [-0.2, 0) is 9.59 Å². The van der Waals surface area contributed by atoms with Crippen molar-refractivity contribution in [3.8, 4) is 0 Å². The van der Waals surface area contributed by atoms with E-state index < -0.39 is 12.1 Å². The van der Waals surface area contributed by atoms with Crippen molar-refractivity contribution in [2.75, 3.05) is 6.54 Å². The second-order valence-corrected chi connectivity index (χ2v) is 9.18. The van der Waals surface area contributed by atoms with Crippen LogP contribution in [0.4, 0.5) is 4.79 Å². The van der Waals surface area contributed by atoms with E-state index in [2.05, 4.69) is 50.6 Å². The van der Waals surface area contributed by atoms with E-state index in [0.717, 1.165) is 12.8 Å². The molecule has 1 aliphatic carbocycles. The van der Waals surface area contributed by atoms with Crippen LogP contribution in [0, 0.1) is 29.6 Å². The third-order valence-corrected chi connectivity index (χ3v) is 5.72. The van der Waals surface area contributed by atoms with Gasteiger partial charge in [0.15, 0.2) is 0 Å². The molecule has 1 saturated carbocycles. The number of rotatable bonds is 9. The minimum Gasteiger partial charge on any atom is -0.465 e. The molecule has 28 heavy (non-hydrogen) atoms. The molecule has 0 radical (unpaired) electrons. The lowest BCUT2D eigenvalue weighted by atomic mass is 9.70. The monoisotopic (exact) mass is 397 g/mol. The topological polar surface area (TPSA) is 108 Å². The number of nitrogens with one attached hydrogen (secondary N) is 3. The maximum absolute atomic E-state index is 12.9. The van der Waals surface area contributed by atoms with Crippen LogP contribution in [0.5, 0.6) is 0 Å². The molecule has 162 valence electrons. The second kappa shape index (κ2) is 11.3. The number of amides is 3. The Balaban J connectivity index is 2.69. The van der Waals surface area contributed by atoms with Crippen LogP contribution >= 0.6 is 0 Å². The van der Waals surface area contributed by atoms with Gasteiger partial charge in [-0.25, -0.2) is 4.79 Å². The highest BCUT2D eigenvalue weighted by molar-refractivity contribution is 5.85. The molecule has 0 aromatic carbocycles.